The molecule has 0 aromatic rings. The number of rotatable bonds is 3. The van der Waals surface area contributed by atoms with Crippen LogP contribution in [-0.4, -0.2) is 48.2 Å². The molecule has 1 heterocycles. The van der Waals surface area contributed by atoms with Crippen molar-refractivity contribution >= 4 is 5.91 Å². The van der Waals surface area contributed by atoms with Gasteiger partial charge in [-0.3, -0.25) is 4.79 Å². The minimum Gasteiger partial charge on any atom is -0.396 e. The first kappa shape index (κ1) is 9.48. The minimum absolute atomic E-state index is 0.141. The number of hydrogen-bond donors (Lipinski definition) is 2. The van der Waals surface area contributed by atoms with Gasteiger partial charge >= 0.3 is 0 Å². The van der Waals surface area contributed by atoms with Gasteiger partial charge in [-0.2, -0.15) is 0 Å². The largest absolute Gasteiger partial charge is 0.396 e. The molecular weight excluding hydrogens is 156 g/mol. The SMILES string of the molecule is CC(CCO)N1CCNCC1=O. The molecule has 1 fully saturated rings. The summed E-state index contributed by atoms with van der Waals surface area (Å²) in [6, 6.07) is 0.171. The molecule has 1 aliphatic rings. The molecule has 1 rings (SSSR count). The average molecular weight is 172 g/mol. The van der Waals surface area contributed by atoms with Gasteiger partial charge in [0.15, 0.2) is 0 Å². The number of aliphatic hydroxyl groups is 1. The Morgan fingerprint density at radius 2 is 2.50 bits per heavy atom. The van der Waals surface area contributed by atoms with E-state index in [0.717, 1.165) is 13.1 Å². The molecule has 4 heteroatoms. The van der Waals surface area contributed by atoms with Crippen molar-refractivity contribution in [3.63, 3.8) is 0 Å². The summed E-state index contributed by atoms with van der Waals surface area (Å²) >= 11 is 0. The van der Waals surface area contributed by atoms with Crippen molar-refractivity contribution in [1.29, 1.82) is 0 Å². The van der Waals surface area contributed by atoms with Crippen molar-refractivity contribution in [3.05, 3.63) is 0 Å². The van der Waals surface area contributed by atoms with E-state index < -0.39 is 0 Å². The van der Waals surface area contributed by atoms with Crippen molar-refractivity contribution in [2.75, 3.05) is 26.2 Å². The van der Waals surface area contributed by atoms with Crippen LogP contribution in [-0.2, 0) is 4.79 Å². The van der Waals surface area contributed by atoms with Crippen LogP contribution in [0.4, 0.5) is 0 Å². The molecule has 0 bridgehead atoms. The molecule has 4 nitrogen and oxygen atoms in total. The molecule has 0 spiro atoms. The molecule has 12 heavy (non-hydrogen) atoms. The molecule has 1 atom stereocenters. The van der Waals surface area contributed by atoms with Crippen LogP contribution in [0.25, 0.3) is 0 Å². The topological polar surface area (TPSA) is 52.6 Å². The first-order chi connectivity index (χ1) is 5.75. The number of amides is 1. The van der Waals surface area contributed by atoms with E-state index in [0.29, 0.717) is 13.0 Å². The van der Waals surface area contributed by atoms with Gasteiger partial charge in [0.2, 0.25) is 5.91 Å². The van der Waals surface area contributed by atoms with Gasteiger partial charge in [-0.1, -0.05) is 0 Å². The monoisotopic (exact) mass is 172 g/mol. The molecule has 2 N–H and O–H groups in total. The lowest BCUT2D eigenvalue weighted by atomic mass is 10.2. The second-order valence-electron chi connectivity index (χ2n) is 3.13. The Hall–Kier alpha value is -0.610. The van der Waals surface area contributed by atoms with Gasteiger partial charge in [0, 0.05) is 25.7 Å². The molecule has 1 amide bonds. The summed E-state index contributed by atoms with van der Waals surface area (Å²) in [7, 11) is 0. The molecule has 0 saturated carbocycles. The van der Waals surface area contributed by atoms with Gasteiger partial charge < -0.3 is 15.3 Å². The number of nitrogens with zero attached hydrogens (tertiary/aromatic N) is 1. The van der Waals surface area contributed by atoms with Crippen molar-refractivity contribution in [1.82, 2.24) is 10.2 Å². The van der Waals surface area contributed by atoms with E-state index in [9.17, 15) is 4.79 Å². The highest BCUT2D eigenvalue weighted by Gasteiger charge is 2.21. The molecule has 0 radical (unpaired) electrons. The summed E-state index contributed by atoms with van der Waals surface area (Å²) in [5.74, 6) is 0.141. The van der Waals surface area contributed by atoms with Crippen LogP contribution in [0.2, 0.25) is 0 Å². The van der Waals surface area contributed by atoms with E-state index in [1.54, 1.807) is 0 Å². The summed E-state index contributed by atoms with van der Waals surface area (Å²) < 4.78 is 0. The maximum absolute atomic E-state index is 11.3. The zero-order valence-corrected chi connectivity index (χ0v) is 7.42. The molecule has 0 aromatic heterocycles. The van der Waals surface area contributed by atoms with Crippen LogP contribution >= 0.6 is 0 Å². The van der Waals surface area contributed by atoms with Crippen LogP contribution in [0.3, 0.4) is 0 Å². The minimum atomic E-state index is 0.141. The molecule has 0 aliphatic carbocycles. The van der Waals surface area contributed by atoms with Crippen molar-refractivity contribution in [2.45, 2.75) is 19.4 Å². The third-order valence-electron chi connectivity index (χ3n) is 2.20. The normalized spacial score (nSPS) is 21.2. The van der Waals surface area contributed by atoms with Gasteiger partial charge in [0.05, 0.1) is 6.54 Å². The van der Waals surface area contributed by atoms with E-state index >= 15 is 0 Å². The predicted molar refractivity (Wildman–Crippen MR) is 45.7 cm³/mol. The van der Waals surface area contributed by atoms with Crippen LogP contribution < -0.4 is 5.32 Å². The first-order valence-corrected chi connectivity index (χ1v) is 4.36. The van der Waals surface area contributed by atoms with Gasteiger partial charge in [0.1, 0.15) is 0 Å². The second kappa shape index (κ2) is 4.42. The van der Waals surface area contributed by atoms with Crippen molar-refractivity contribution in [3.8, 4) is 0 Å². The van der Waals surface area contributed by atoms with Crippen LogP contribution in [0.1, 0.15) is 13.3 Å². The van der Waals surface area contributed by atoms with Gasteiger partial charge in [-0.05, 0) is 13.3 Å². The van der Waals surface area contributed by atoms with E-state index in [4.69, 9.17) is 5.11 Å². The van der Waals surface area contributed by atoms with Crippen LogP contribution in [0, 0.1) is 0 Å². The van der Waals surface area contributed by atoms with Gasteiger partial charge in [-0.25, -0.2) is 0 Å². The summed E-state index contributed by atoms with van der Waals surface area (Å²) in [4.78, 5) is 13.1. The van der Waals surface area contributed by atoms with E-state index in [1.807, 2.05) is 11.8 Å². The fraction of sp³-hybridized carbons (Fsp3) is 0.875. The van der Waals surface area contributed by atoms with E-state index in [2.05, 4.69) is 5.32 Å². The number of hydrogen-bond acceptors (Lipinski definition) is 3. The lowest BCUT2D eigenvalue weighted by Crippen LogP contribution is -2.51. The predicted octanol–water partition coefficient (Wildman–Crippen LogP) is -0.811. The zero-order valence-electron chi connectivity index (χ0n) is 7.42. The van der Waals surface area contributed by atoms with Gasteiger partial charge in [-0.15, -0.1) is 0 Å². The summed E-state index contributed by atoms with van der Waals surface area (Å²) in [6.45, 7) is 4.19. The number of carbonyl (C=O) groups excluding carboxylic acids is 1. The summed E-state index contributed by atoms with van der Waals surface area (Å²) in [6.07, 6.45) is 0.672. The maximum Gasteiger partial charge on any atom is 0.236 e. The van der Waals surface area contributed by atoms with Crippen LogP contribution in [0.5, 0.6) is 0 Å². The molecular formula is C8H16N2O2. The highest BCUT2D eigenvalue weighted by atomic mass is 16.3. The smallest absolute Gasteiger partial charge is 0.236 e. The third kappa shape index (κ3) is 2.19. The Morgan fingerprint density at radius 1 is 1.75 bits per heavy atom. The number of aliphatic hydroxyl groups excluding tert-OH is 1. The Bertz CT molecular complexity index is 161. The molecule has 1 aliphatic heterocycles. The molecule has 1 saturated heterocycles. The summed E-state index contributed by atoms with van der Waals surface area (Å²) in [5.41, 5.74) is 0. The Kier molecular flexibility index (Phi) is 3.49. The van der Waals surface area contributed by atoms with Crippen LogP contribution in [0.15, 0.2) is 0 Å². The average Bonchev–Trinajstić information content (AvgIpc) is 2.05. The standard InChI is InChI=1S/C8H16N2O2/c1-7(2-5-11)10-4-3-9-6-8(10)12/h7,9,11H,2-6H2,1H3. The molecule has 70 valence electrons. The highest BCUT2D eigenvalue weighted by Crippen LogP contribution is 2.05. The molecule has 1 unspecified atom stereocenters. The number of carbonyl (C=O) groups is 1. The Balaban J connectivity index is 2.42. The lowest BCUT2D eigenvalue weighted by Gasteiger charge is -2.32. The fourth-order valence-corrected chi connectivity index (χ4v) is 1.43. The van der Waals surface area contributed by atoms with Crippen molar-refractivity contribution < 1.29 is 9.90 Å². The second-order valence-corrected chi connectivity index (χ2v) is 3.13. The maximum atomic E-state index is 11.3. The number of piperazine rings is 1. The summed E-state index contributed by atoms with van der Waals surface area (Å²) in [5, 5.41) is 11.7. The zero-order chi connectivity index (χ0) is 8.97. The van der Waals surface area contributed by atoms with Crippen molar-refractivity contribution in [2.24, 2.45) is 0 Å². The Labute approximate surface area is 72.6 Å². The van der Waals surface area contributed by atoms with E-state index in [-0.39, 0.29) is 18.6 Å². The number of nitrogens with one attached hydrogen (secondary N) is 1. The van der Waals surface area contributed by atoms with Gasteiger partial charge in [0.25, 0.3) is 0 Å². The fourth-order valence-electron chi connectivity index (χ4n) is 1.43. The molecule has 0 aromatic carbocycles. The third-order valence-corrected chi connectivity index (χ3v) is 2.20. The lowest BCUT2D eigenvalue weighted by molar-refractivity contribution is -0.134. The quantitative estimate of drug-likeness (QED) is 0.585. The first-order valence-electron chi connectivity index (χ1n) is 4.36. The van der Waals surface area contributed by atoms with E-state index in [1.165, 1.54) is 0 Å². The Morgan fingerprint density at radius 3 is 3.08 bits per heavy atom. The highest BCUT2D eigenvalue weighted by molar-refractivity contribution is 5.79.